The van der Waals surface area contributed by atoms with Gasteiger partial charge in [0.2, 0.25) is 0 Å². The van der Waals surface area contributed by atoms with Gasteiger partial charge >= 0.3 is 0 Å². The number of aromatic hydroxyl groups is 1. The van der Waals surface area contributed by atoms with Crippen molar-refractivity contribution in [2.45, 2.75) is 12.8 Å². The number of benzene rings is 1. The molecular weight excluding hydrogens is 232 g/mol. The lowest BCUT2D eigenvalue weighted by Gasteiger charge is -1.98. The first-order valence-electron chi connectivity index (χ1n) is 5.64. The maximum atomic E-state index is 9.39. The number of phenols is 1. The average molecular weight is 248 g/mol. The molecule has 0 fully saturated rings. The van der Waals surface area contributed by atoms with Gasteiger partial charge in [-0.05, 0) is 37.7 Å². The molecule has 2 rings (SSSR count). The van der Waals surface area contributed by atoms with Crippen molar-refractivity contribution in [2.75, 3.05) is 13.6 Å². The van der Waals surface area contributed by atoms with E-state index < -0.39 is 0 Å². The first-order chi connectivity index (χ1) is 8.28. The summed E-state index contributed by atoms with van der Waals surface area (Å²) in [5.41, 5.74) is 1.10. The van der Waals surface area contributed by atoms with E-state index in [4.69, 9.17) is 0 Å². The number of hydrogen-bond acceptors (Lipinski definition) is 4. The zero-order chi connectivity index (χ0) is 12.1. The molecule has 4 heteroatoms. The summed E-state index contributed by atoms with van der Waals surface area (Å²) in [4.78, 5) is 5.70. The fraction of sp³-hybridized carbons (Fsp3) is 0.308. The van der Waals surface area contributed by atoms with Gasteiger partial charge in [-0.15, -0.1) is 11.3 Å². The van der Waals surface area contributed by atoms with Crippen LogP contribution in [0.5, 0.6) is 5.75 Å². The van der Waals surface area contributed by atoms with Gasteiger partial charge in [0.15, 0.2) is 0 Å². The molecule has 1 aromatic carbocycles. The number of thiazole rings is 1. The molecule has 0 saturated heterocycles. The molecule has 0 aliphatic heterocycles. The molecule has 0 amide bonds. The largest absolute Gasteiger partial charge is 0.508 e. The van der Waals surface area contributed by atoms with E-state index in [0.29, 0.717) is 5.75 Å². The Morgan fingerprint density at radius 3 is 3.06 bits per heavy atom. The van der Waals surface area contributed by atoms with Crippen LogP contribution in [0.25, 0.3) is 0 Å². The van der Waals surface area contributed by atoms with Gasteiger partial charge in [0, 0.05) is 17.5 Å². The number of nitrogens with zero attached hydrogens (tertiary/aromatic N) is 1. The minimum atomic E-state index is 0.314. The lowest BCUT2D eigenvalue weighted by atomic mass is 10.1. The molecule has 90 valence electrons. The van der Waals surface area contributed by atoms with Crippen LogP contribution in [0.2, 0.25) is 0 Å². The summed E-state index contributed by atoms with van der Waals surface area (Å²) in [6.45, 7) is 0.980. The summed E-state index contributed by atoms with van der Waals surface area (Å²) in [5, 5.41) is 13.6. The summed E-state index contributed by atoms with van der Waals surface area (Å²) >= 11 is 1.74. The molecule has 1 heterocycles. The zero-order valence-corrected chi connectivity index (χ0v) is 10.6. The van der Waals surface area contributed by atoms with E-state index in [1.807, 2.05) is 25.4 Å². The maximum Gasteiger partial charge on any atom is 0.115 e. The zero-order valence-electron chi connectivity index (χ0n) is 9.81. The minimum Gasteiger partial charge on any atom is -0.508 e. The number of phenolic OH excluding ortho intramolecular Hbond substituents is 1. The fourth-order valence-electron chi connectivity index (χ4n) is 1.63. The summed E-state index contributed by atoms with van der Waals surface area (Å²) in [7, 11) is 1.95. The normalized spacial score (nSPS) is 10.6. The van der Waals surface area contributed by atoms with Gasteiger partial charge in [0.1, 0.15) is 5.75 Å². The summed E-state index contributed by atoms with van der Waals surface area (Å²) in [6, 6.07) is 7.34. The fourth-order valence-corrected chi connectivity index (χ4v) is 2.59. The van der Waals surface area contributed by atoms with Gasteiger partial charge in [0.05, 0.1) is 5.01 Å². The second-order valence-corrected chi connectivity index (χ2v) is 5.12. The molecule has 0 atom stereocenters. The standard InChI is InChI=1S/C13H16N2OS/c1-14-6-5-12-9-15-13(17-12)8-10-3-2-4-11(16)7-10/h2-4,7,9,14,16H,5-6,8H2,1H3. The quantitative estimate of drug-likeness (QED) is 0.852. The maximum absolute atomic E-state index is 9.39. The Balaban J connectivity index is 2.01. The second kappa shape index (κ2) is 5.80. The van der Waals surface area contributed by atoms with E-state index in [1.54, 1.807) is 23.5 Å². The topological polar surface area (TPSA) is 45.2 Å². The van der Waals surface area contributed by atoms with Crippen LogP contribution in [0.4, 0.5) is 0 Å². The highest BCUT2D eigenvalue weighted by molar-refractivity contribution is 7.11. The van der Waals surface area contributed by atoms with Crippen LogP contribution in [0.3, 0.4) is 0 Å². The van der Waals surface area contributed by atoms with Crippen molar-refractivity contribution >= 4 is 11.3 Å². The molecule has 0 aliphatic rings. The van der Waals surface area contributed by atoms with Gasteiger partial charge < -0.3 is 10.4 Å². The van der Waals surface area contributed by atoms with Gasteiger partial charge in [0.25, 0.3) is 0 Å². The summed E-state index contributed by atoms with van der Waals surface area (Å²) in [6.07, 6.45) is 3.76. The predicted molar refractivity (Wildman–Crippen MR) is 70.7 cm³/mol. The monoisotopic (exact) mass is 248 g/mol. The Bertz CT molecular complexity index is 482. The molecule has 3 nitrogen and oxygen atoms in total. The van der Waals surface area contributed by atoms with Crippen molar-refractivity contribution in [1.29, 1.82) is 0 Å². The number of likely N-dealkylation sites (N-methyl/N-ethyl adjacent to an activating group) is 1. The van der Waals surface area contributed by atoms with Gasteiger partial charge in [-0.3, -0.25) is 0 Å². The van der Waals surface area contributed by atoms with Crippen molar-refractivity contribution in [3.8, 4) is 5.75 Å². The second-order valence-electron chi connectivity index (χ2n) is 3.92. The Labute approximate surface area is 105 Å². The summed E-state index contributed by atoms with van der Waals surface area (Å²) < 4.78 is 0. The Kier molecular flexibility index (Phi) is 4.12. The number of hydrogen-bond donors (Lipinski definition) is 2. The highest BCUT2D eigenvalue weighted by Gasteiger charge is 2.03. The van der Waals surface area contributed by atoms with E-state index in [-0.39, 0.29) is 0 Å². The van der Waals surface area contributed by atoms with E-state index in [2.05, 4.69) is 10.3 Å². The Hall–Kier alpha value is -1.39. The van der Waals surface area contributed by atoms with E-state index in [0.717, 1.165) is 30.0 Å². The molecular formula is C13H16N2OS. The van der Waals surface area contributed by atoms with Gasteiger partial charge in [-0.25, -0.2) is 4.98 Å². The van der Waals surface area contributed by atoms with Crippen LogP contribution in [0.15, 0.2) is 30.5 Å². The van der Waals surface area contributed by atoms with E-state index >= 15 is 0 Å². The van der Waals surface area contributed by atoms with Crippen molar-refractivity contribution in [3.05, 3.63) is 45.9 Å². The molecule has 0 bridgehead atoms. The molecule has 0 radical (unpaired) electrons. The van der Waals surface area contributed by atoms with Crippen LogP contribution in [-0.4, -0.2) is 23.7 Å². The van der Waals surface area contributed by atoms with E-state index in [9.17, 15) is 5.11 Å². The van der Waals surface area contributed by atoms with Crippen molar-refractivity contribution in [2.24, 2.45) is 0 Å². The van der Waals surface area contributed by atoms with Crippen molar-refractivity contribution in [3.63, 3.8) is 0 Å². The molecule has 0 unspecified atom stereocenters. The molecule has 0 aliphatic carbocycles. The lowest BCUT2D eigenvalue weighted by molar-refractivity contribution is 0.474. The van der Waals surface area contributed by atoms with Crippen molar-refractivity contribution < 1.29 is 5.11 Å². The highest BCUT2D eigenvalue weighted by Crippen LogP contribution is 2.19. The van der Waals surface area contributed by atoms with Gasteiger partial charge in [-0.1, -0.05) is 12.1 Å². The van der Waals surface area contributed by atoms with E-state index in [1.165, 1.54) is 4.88 Å². The van der Waals surface area contributed by atoms with Crippen LogP contribution < -0.4 is 5.32 Å². The minimum absolute atomic E-state index is 0.314. The third-order valence-electron chi connectivity index (χ3n) is 2.49. The van der Waals surface area contributed by atoms with Crippen LogP contribution >= 0.6 is 11.3 Å². The number of aromatic nitrogens is 1. The summed E-state index contributed by atoms with van der Waals surface area (Å²) in [5.74, 6) is 0.314. The molecule has 1 aromatic heterocycles. The molecule has 0 saturated carbocycles. The van der Waals surface area contributed by atoms with Crippen molar-refractivity contribution in [1.82, 2.24) is 10.3 Å². The smallest absolute Gasteiger partial charge is 0.115 e. The molecule has 17 heavy (non-hydrogen) atoms. The van der Waals surface area contributed by atoms with Crippen LogP contribution in [0.1, 0.15) is 15.4 Å². The number of rotatable bonds is 5. The Morgan fingerprint density at radius 2 is 2.29 bits per heavy atom. The highest BCUT2D eigenvalue weighted by atomic mass is 32.1. The van der Waals surface area contributed by atoms with Gasteiger partial charge in [-0.2, -0.15) is 0 Å². The first-order valence-corrected chi connectivity index (χ1v) is 6.45. The van der Waals surface area contributed by atoms with Crippen LogP contribution in [0, 0.1) is 0 Å². The first kappa shape index (κ1) is 12.1. The molecule has 2 aromatic rings. The number of nitrogens with one attached hydrogen (secondary N) is 1. The average Bonchev–Trinajstić information content (AvgIpc) is 2.74. The third kappa shape index (κ3) is 3.54. The lowest BCUT2D eigenvalue weighted by Crippen LogP contribution is -2.09. The molecule has 0 spiro atoms. The Morgan fingerprint density at radius 1 is 1.41 bits per heavy atom. The SMILES string of the molecule is CNCCc1cnc(Cc2cccc(O)c2)s1. The predicted octanol–water partition coefficient (Wildman–Crippen LogP) is 2.20. The molecule has 2 N–H and O–H groups in total. The third-order valence-corrected chi connectivity index (χ3v) is 3.55. The van der Waals surface area contributed by atoms with Crippen LogP contribution in [-0.2, 0) is 12.8 Å².